The first-order valence-electron chi connectivity index (χ1n) is 7.61. The normalized spacial score (nSPS) is 15.5. The van der Waals surface area contributed by atoms with E-state index in [1.807, 2.05) is 11.8 Å². The summed E-state index contributed by atoms with van der Waals surface area (Å²) in [6.07, 6.45) is 6.70. The van der Waals surface area contributed by atoms with Crippen molar-refractivity contribution in [2.45, 2.75) is 37.4 Å². The molecule has 0 radical (unpaired) electrons. The van der Waals surface area contributed by atoms with E-state index in [2.05, 4.69) is 5.32 Å². The molecule has 1 fully saturated rings. The van der Waals surface area contributed by atoms with Crippen LogP contribution in [0.4, 0.5) is 0 Å². The second-order valence-electron chi connectivity index (χ2n) is 5.34. The summed E-state index contributed by atoms with van der Waals surface area (Å²) in [4.78, 5) is 11.7. The lowest BCUT2D eigenvalue weighted by molar-refractivity contribution is -0.122. The van der Waals surface area contributed by atoms with Gasteiger partial charge in [-0.05, 0) is 31.0 Å². The molecule has 122 valence electrons. The van der Waals surface area contributed by atoms with Crippen LogP contribution in [0.15, 0.2) is 18.2 Å². The third kappa shape index (κ3) is 6.27. The van der Waals surface area contributed by atoms with Crippen LogP contribution in [0.3, 0.4) is 0 Å². The topological polar surface area (TPSA) is 38.3 Å². The number of amides is 1. The highest BCUT2D eigenvalue weighted by atomic mass is 35.5. The highest BCUT2D eigenvalue weighted by molar-refractivity contribution is 7.99. The molecule has 1 N–H and O–H groups in total. The quantitative estimate of drug-likeness (QED) is 0.723. The Balaban J connectivity index is 1.59. The molecule has 1 aromatic carbocycles. The maximum Gasteiger partial charge on any atom is 0.257 e. The van der Waals surface area contributed by atoms with E-state index in [9.17, 15) is 4.79 Å². The number of benzene rings is 1. The van der Waals surface area contributed by atoms with Gasteiger partial charge in [-0.25, -0.2) is 0 Å². The molecule has 22 heavy (non-hydrogen) atoms. The summed E-state index contributed by atoms with van der Waals surface area (Å²) in [5.74, 6) is 1.30. The monoisotopic (exact) mass is 361 g/mol. The number of carbonyl (C=O) groups is 1. The smallest absolute Gasteiger partial charge is 0.257 e. The van der Waals surface area contributed by atoms with Gasteiger partial charge in [0.05, 0.1) is 5.02 Å². The lowest BCUT2D eigenvalue weighted by Gasteiger charge is -2.20. The average Bonchev–Trinajstić information content (AvgIpc) is 2.52. The van der Waals surface area contributed by atoms with Gasteiger partial charge in [-0.15, -0.1) is 0 Å². The molecule has 1 amide bonds. The van der Waals surface area contributed by atoms with E-state index >= 15 is 0 Å². The van der Waals surface area contributed by atoms with Crippen LogP contribution in [0.5, 0.6) is 5.75 Å². The van der Waals surface area contributed by atoms with Crippen LogP contribution >= 0.6 is 35.0 Å². The van der Waals surface area contributed by atoms with Crippen LogP contribution in [-0.4, -0.2) is 30.1 Å². The van der Waals surface area contributed by atoms with Crippen molar-refractivity contribution in [3.63, 3.8) is 0 Å². The summed E-state index contributed by atoms with van der Waals surface area (Å²) in [5, 5.41) is 4.60. The van der Waals surface area contributed by atoms with Gasteiger partial charge in [0.15, 0.2) is 6.61 Å². The lowest BCUT2D eigenvalue weighted by Crippen LogP contribution is -2.31. The molecule has 1 saturated carbocycles. The summed E-state index contributed by atoms with van der Waals surface area (Å²) in [6, 6.07) is 4.94. The van der Waals surface area contributed by atoms with Crippen molar-refractivity contribution in [3.8, 4) is 5.75 Å². The van der Waals surface area contributed by atoms with Gasteiger partial charge in [0.25, 0.3) is 5.91 Å². The number of hydrogen-bond donors (Lipinski definition) is 1. The minimum atomic E-state index is -0.129. The van der Waals surface area contributed by atoms with E-state index < -0.39 is 0 Å². The molecule has 1 aliphatic carbocycles. The summed E-state index contributed by atoms with van der Waals surface area (Å²) in [5.41, 5.74) is 0. The second-order valence-corrected chi connectivity index (χ2v) is 7.60. The summed E-state index contributed by atoms with van der Waals surface area (Å²) >= 11 is 13.8. The molecule has 0 aromatic heterocycles. The van der Waals surface area contributed by atoms with E-state index in [4.69, 9.17) is 27.9 Å². The molecule has 2 rings (SSSR count). The van der Waals surface area contributed by atoms with Crippen LogP contribution in [0, 0.1) is 0 Å². The van der Waals surface area contributed by atoms with Gasteiger partial charge >= 0.3 is 0 Å². The van der Waals surface area contributed by atoms with Gasteiger partial charge in [-0.1, -0.05) is 42.5 Å². The Bertz CT molecular complexity index is 493. The van der Waals surface area contributed by atoms with Crippen molar-refractivity contribution < 1.29 is 9.53 Å². The number of ether oxygens (including phenoxy) is 1. The number of rotatable bonds is 7. The first-order chi connectivity index (χ1) is 10.6. The molecule has 0 unspecified atom stereocenters. The average molecular weight is 362 g/mol. The fourth-order valence-electron chi connectivity index (χ4n) is 2.43. The number of halogens is 2. The Morgan fingerprint density at radius 1 is 1.27 bits per heavy atom. The van der Waals surface area contributed by atoms with E-state index in [1.54, 1.807) is 18.2 Å². The fraction of sp³-hybridized carbons (Fsp3) is 0.562. The first-order valence-corrected chi connectivity index (χ1v) is 9.42. The van der Waals surface area contributed by atoms with Gasteiger partial charge in [-0.2, -0.15) is 11.8 Å². The lowest BCUT2D eigenvalue weighted by atomic mass is 10.0. The molecule has 3 nitrogen and oxygen atoms in total. The molecule has 1 aliphatic rings. The third-order valence-electron chi connectivity index (χ3n) is 3.58. The number of hydrogen-bond acceptors (Lipinski definition) is 3. The zero-order valence-corrected chi connectivity index (χ0v) is 14.8. The Labute approximate surface area is 146 Å². The van der Waals surface area contributed by atoms with Crippen molar-refractivity contribution in [1.82, 2.24) is 5.32 Å². The predicted molar refractivity (Wildman–Crippen MR) is 94.3 cm³/mol. The molecular formula is C16H21Cl2NO2S. The Morgan fingerprint density at radius 3 is 2.77 bits per heavy atom. The third-order valence-corrected chi connectivity index (χ3v) is 5.50. The number of carbonyl (C=O) groups excluding carboxylic acids is 1. The van der Waals surface area contributed by atoms with Crippen molar-refractivity contribution in [2.75, 3.05) is 18.9 Å². The molecule has 0 aliphatic heterocycles. The van der Waals surface area contributed by atoms with Gasteiger partial charge in [0.1, 0.15) is 5.75 Å². The molecule has 0 spiro atoms. The van der Waals surface area contributed by atoms with Crippen LogP contribution in [-0.2, 0) is 4.79 Å². The largest absolute Gasteiger partial charge is 0.482 e. The van der Waals surface area contributed by atoms with Gasteiger partial charge in [-0.3, -0.25) is 4.79 Å². The highest BCUT2D eigenvalue weighted by Gasteiger charge is 2.13. The van der Waals surface area contributed by atoms with Crippen molar-refractivity contribution in [3.05, 3.63) is 28.2 Å². The maximum absolute atomic E-state index is 11.7. The van der Waals surface area contributed by atoms with E-state index in [0.717, 1.165) is 11.0 Å². The molecule has 6 heteroatoms. The van der Waals surface area contributed by atoms with Crippen LogP contribution < -0.4 is 10.1 Å². The van der Waals surface area contributed by atoms with Crippen LogP contribution in [0.1, 0.15) is 32.1 Å². The Hall–Kier alpha value is -0.580. The molecule has 0 heterocycles. The maximum atomic E-state index is 11.7. The van der Waals surface area contributed by atoms with Crippen molar-refractivity contribution in [2.24, 2.45) is 0 Å². The van der Waals surface area contributed by atoms with E-state index in [0.29, 0.717) is 22.3 Å². The first kappa shape index (κ1) is 17.8. The molecule has 0 saturated heterocycles. The molecule has 0 atom stereocenters. The summed E-state index contributed by atoms with van der Waals surface area (Å²) in [7, 11) is 0. The number of nitrogens with one attached hydrogen (secondary N) is 1. The Kier molecular flexibility index (Phi) is 7.70. The van der Waals surface area contributed by atoms with E-state index in [1.165, 1.54) is 32.1 Å². The Morgan fingerprint density at radius 2 is 2.05 bits per heavy atom. The molecular weight excluding hydrogens is 341 g/mol. The van der Waals surface area contributed by atoms with Gasteiger partial charge < -0.3 is 10.1 Å². The standard InChI is InChI=1S/C16H21Cl2NO2S/c17-12-6-7-15(14(18)10-12)21-11-16(20)19-8-9-22-13-4-2-1-3-5-13/h6-7,10,13H,1-5,8-9,11H2,(H,19,20). The second kappa shape index (κ2) is 9.53. The minimum Gasteiger partial charge on any atom is -0.482 e. The van der Waals surface area contributed by atoms with Crippen molar-refractivity contribution >= 4 is 40.9 Å². The number of thioether (sulfide) groups is 1. The SMILES string of the molecule is O=C(COc1ccc(Cl)cc1Cl)NCCSC1CCCCC1. The van der Waals surface area contributed by atoms with Crippen LogP contribution in [0.2, 0.25) is 10.0 Å². The zero-order chi connectivity index (χ0) is 15.8. The fourth-order valence-corrected chi connectivity index (χ4v) is 4.12. The predicted octanol–water partition coefficient (Wildman–Crippen LogP) is 4.55. The van der Waals surface area contributed by atoms with Gasteiger partial charge in [0.2, 0.25) is 0 Å². The van der Waals surface area contributed by atoms with E-state index in [-0.39, 0.29) is 12.5 Å². The molecule has 0 bridgehead atoms. The minimum absolute atomic E-state index is 0.0323. The molecule has 1 aromatic rings. The van der Waals surface area contributed by atoms with Gasteiger partial charge in [0, 0.05) is 22.6 Å². The van der Waals surface area contributed by atoms with Crippen molar-refractivity contribution in [1.29, 1.82) is 0 Å². The van der Waals surface area contributed by atoms with Crippen LogP contribution in [0.25, 0.3) is 0 Å². The highest BCUT2D eigenvalue weighted by Crippen LogP contribution is 2.28. The zero-order valence-electron chi connectivity index (χ0n) is 12.4. The summed E-state index contributed by atoms with van der Waals surface area (Å²) < 4.78 is 5.39. The summed E-state index contributed by atoms with van der Waals surface area (Å²) in [6.45, 7) is 0.646.